The van der Waals surface area contributed by atoms with E-state index in [1.807, 2.05) is 6.92 Å². The van der Waals surface area contributed by atoms with Crippen LogP contribution in [-0.2, 0) is 6.54 Å². The van der Waals surface area contributed by atoms with Gasteiger partial charge in [-0.25, -0.2) is 4.98 Å². The zero-order valence-electron chi connectivity index (χ0n) is 9.15. The number of carbonyl (C=O) groups is 1. The van der Waals surface area contributed by atoms with E-state index in [1.54, 1.807) is 35.2 Å². The third-order valence-electron chi connectivity index (χ3n) is 2.44. The highest BCUT2D eigenvalue weighted by Gasteiger charge is 2.15. The first kappa shape index (κ1) is 12.3. The highest BCUT2D eigenvalue weighted by Crippen LogP contribution is 2.24. The van der Waals surface area contributed by atoms with Gasteiger partial charge in [-0.15, -0.1) is 0 Å². The molecule has 1 aromatic heterocycles. The Morgan fingerprint density at radius 2 is 2.29 bits per heavy atom. The molecule has 0 bridgehead atoms. The molecule has 2 aromatic rings. The zero-order chi connectivity index (χ0) is 12.4. The maximum absolute atomic E-state index is 12.2. The fourth-order valence-corrected chi connectivity index (χ4v) is 1.97. The van der Waals surface area contributed by atoms with Crippen LogP contribution in [-0.4, -0.2) is 15.3 Å². The predicted octanol–water partition coefficient (Wildman–Crippen LogP) is 3.55. The second-order valence-electron chi connectivity index (χ2n) is 3.49. The van der Waals surface area contributed by atoms with Crippen LogP contribution in [0.3, 0.4) is 0 Å². The summed E-state index contributed by atoms with van der Waals surface area (Å²) in [5.41, 5.74) is 0.541. The van der Waals surface area contributed by atoms with E-state index in [2.05, 4.69) is 20.9 Å². The van der Waals surface area contributed by atoms with Crippen molar-refractivity contribution in [2.75, 3.05) is 0 Å². The maximum atomic E-state index is 12.2. The monoisotopic (exact) mass is 312 g/mol. The van der Waals surface area contributed by atoms with Crippen molar-refractivity contribution in [3.8, 4) is 0 Å². The Morgan fingerprint density at radius 3 is 2.94 bits per heavy atom. The van der Waals surface area contributed by atoms with Gasteiger partial charge in [0.05, 0.1) is 5.02 Å². The molecular formula is C12H10BrClN2O. The molecule has 0 N–H and O–H groups in total. The molecule has 0 saturated carbocycles. The summed E-state index contributed by atoms with van der Waals surface area (Å²) >= 11 is 9.26. The topological polar surface area (TPSA) is 34.9 Å². The molecule has 3 nitrogen and oxygen atoms in total. The van der Waals surface area contributed by atoms with E-state index in [9.17, 15) is 4.79 Å². The number of imidazole rings is 1. The van der Waals surface area contributed by atoms with Gasteiger partial charge >= 0.3 is 0 Å². The van der Waals surface area contributed by atoms with E-state index in [1.165, 1.54) is 0 Å². The maximum Gasteiger partial charge on any atom is 0.228 e. The number of ketones is 1. The predicted molar refractivity (Wildman–Crippen MR) is 70.5 cm³/mol. The summed E-state index contributed by atoms with van der Waals surface area (Å²) in [5, 5.41) is 0.519. The highest BCUT2D eigenvalue weighted by molar-refractivity contribution is 9.10. The minimum Gasteiger partial charge on any atom is -0.328 e. The molecule has 2 rings (SSSR count). The van der Waals surface area contributed by atoms with Crippen LogP contribution in [0.5, 0.6) is 0 Å². The van der Waals surface area contributed by atoms with Crippen molar-refractivity contribution >= 4 is 33.3 Å². The molecule has 1 aromatic carbocycles. The van der Waals surface area contributed by atoms with E-state index < -0.39 is 0 Å². The number of rotatable bonds is 3. The number of aromatic nitrogens is 2. The Kier molecular flexibility index (Phi) is 3.64. The van der Waals surface area contributed by atoms with Crippen molar-refractivity contribution in [2.45, 2.75) is 13.5 Å². The standard InChI is InChI=1S/C12H10BrClN2O/c1-2-16-6-5-15-12(16)11(17)8-3-4-9(13)10(14)7-8/h3-7H,2H2,1H3. The molecule has 0 aliphatic rings. The number of halogens is 2. The molecule has 0 unspecified atom stereocenters. The molecule has 17 heavy (non-hydrogen) atoms. The second-order valence-corrected chi connectivity index (χ2v) is 4.76. The SMILES string of the molecule is CCn1ccnc1C(=O)c1ccc(Br)c(Cl)c1. The molecule has 0 aliphatic heterocycles. The lowest BCUT2D eigenvalue weighted by Crippen LogP contribution is -2.10. The van der Waals surface area contributed by atoms with Crippen LogP contribution in [0.25, 0.3) is 0 Å². The van der Waals surface area contributed by atoms with Gasteiger partial charge in [0, 0.05) is 29.0 Å². The van der Waals surface area contributed by atoms with Crippen molar-refractivity contribution in [1.29, 1.82) is 0 Å². The smallest absolute Gasteiger partial charge is 0.228 e. The molecule has 0 amide bonds. The molecule has 1 heterocycles. The van der Waals surface area contributed by atoms with Crippen molar-refractivity contribution in [2.24, 2.45) is 0 Å². The summed E-state index contributed by atoms with van der Waals surface area (Å²) < 4.78 is 2.58. The molecule has 0 fully saturated rings. The van der Waals surface area contributed by atoms with Crippen LogP contribution in [0.2, 0.25) is 5.02 Å². The molecule has 0 atom stereocenters. The van der Waals surface area contributed by atoms with E-state index in [0.717, 1.165) is 4.47 Å². The van der Waals surface area contributed by atoms with Crippen molar-refractivity contribution in [3.63, 3.8) is 0 Å². The van der Waals surface area contributed by atoms with Crippen LogP contribution in [0.15, 0.2) is 35.1 Å². The second kappa shape index (κ2) is 5.02. The Labute approximate surface area is 113 Å². The molecular weight excluding hydrogens is 304 g/mol. The van der Waals surface area contributed by atoms with Crippen molar-refractivity contribution < 1.29 is 4.79 Å². The third-order valence-corrected chi connectivity index (χ3v) is 3.67. The number of carbonyl (C=O) groups excluding carboxylic acids is 1. The summed E-state index contributed by atoms with van der Waals surface area (Å²) in [6.45, 7) is 2.68. The van der Waals surface area contributed by atoms with Gasteiger partial charge in [0.15, 0.2) is 5.82 Å². The van der Waals surface area contributed by atoms with Gasteiger partial charge in [0.25, 0.3) is 0 Å². The van der Waals surface area contributed by atoms with Gasteiger partial charge in [0.2, 0.25) is 5.78 Å². The molecule has 88 valence electrons. The summed E-state index contributed by atoms with van der Waals surface area (Å²) in [6, 6.07) is 5.13. The van der Waals surface area contributed by atoms with Crippen LogP contribution in [0.1, 0.15) is 23.1 Å². The van der Waals surface area contributed by atoms with Gasteiger partial charge < -0.3 is 4.57 Å². The van der Waals surface area contributed by atoms with E-state index >= 15 is 0 Å². The van der Waals surface area contributed by atoms with Gasteiger partial charge in [-0.05, 0) is 41.1 Å². The largest absolute Gasteiger partial charge is 0.328 e. The summed E-state index contributed by atoms with van der Waals surface area (Å²) in [7, 11) is 0. The average Bonchev–Trinajstić information content (AvgIpc) is 2.80. The van der Waals surface area contributed by atoms with Gasteiger partial charge in [0.1, 0.15) is 0 Å². The lowest BCUT2D eigenvalue weighted by atomic mass is 10.1. The number of hydrogen-bond donors (Lipinski definition) is 0. The fraction of sp³-hybridized carbons (Fsp3) is 0.167. The molecule has 0 aliphatic carbocycles. The number of hydrogen-bond acceptors (Lipinski definition) is 2. The average molecular weight is 314 g/mol. The minimum atomic E-state index is -0.119. The zero-order valence-corrected chi connectivity index (χ0v) is 11.5. The number of aryl methyl sites for hydroxylation is 1. The first-order chi connectivity index (χ1) is 8.13. The quantitative estimate of drug-likeness (QED) is 0.812. The minimum absolute atomic E-state index is 0.119. The number of benzene rings is 1. The van der Waals surface area contributed by atoms with Gasteiger partial charge in [-0.3, -0.25) is 4.79 Å². The fourth-order valence-electron chi connectivity index (χ4n) is 1.54. The van der Waals surface area contributed by atoms with E-state index in [0.29, 0.717) is 23.0 Å². The third kappa shape index (κ3) is 2.42. The Morgan fingerprint density at radius 1 is 1.53 bits per heavy atom. The van der Waals surface area contributed by atoms with Crippen LogP contribution < -0.4 is 0 Å². The lowest BCUT2D eigenvalue weighted by molar-refractivity contribution is 0.102. The lowest BCUT2D eigenvalue weighted by Gasteiger charge is -2.04. The highest BCUT2D eigenvalue weighted by atomic mass is 79.9. The summed E-state index contributed by atoms with van der Waals surface area (Å²) in [6.07, 6.45) is 3.41. The summed E-state index contributed by atoms with van der Waals surface area (Å²) in [5.74, 6) is 0.317. The molecule has 0 radical (unpaired) electrons. The van der Waals surface area contributed by atoms with E-state index in [-0.39, 0.29) is 5.78 Å². The van der Waals surface area contributed by atoms with Crippen molar-refractivity contribution in [1.82, 2.24) is 9.55 Å². The molecule has 0 spiro atoms. The molecule has 0 saturated heterocycles. The van der Waals surface area contributed by atoms with Crippen LogP contribution in [0, 0.1) is 0 Å². The molecule has 5 heteroatoms. The van der Waals surface area contributed by atoms with E-state index in [4.69, 9.17) is 11.6 Å². The Balaban J connectivity index is 2.40. The normalized spacial score (nSPS) is 10.5. The van der Waals surface area contributed by atoms with Crippen molar-refractivity contribution in [3.05, 3.63) is 51.5 Å². The van der Waals surface area contributed by atoms with Gasteiger partial charge in [-0.1, -0.05) is 11.6 Å². The Hall–Kier alpha value is -1.13. The van der Waals surface area contributed by atoms with Crippen LogP contribution in [0.4, 0.5) is 0 Å². The first-order valence-corrected chi connectivity index (χ1v) is 6.31. The Bertz CT molecular complexity index is 565. The van der Waals surface area contributed by atoms with Crippen LogP contribution >= 0.6 is 27.5 Å². The summed E-state index contributed by atoms with van der Waals surface area (Å²) in [4.78, 5) is 16.3. The first-order valence-electron chi connectivity index (χ1n) is 5.14. The van der Waals surface area contributed by atoms with Gasteiger partial charge in [-0.2, -0.15) is 0 Å². The number of nitrogens with zero attached hydrogens (tertiary/aromatic N) is 2.